The zero-order chi connectivity index (χ0) is 14.0. The molecule has 0 radical (unpaired) electrons. The molecule has 0 aliphatic rings. The highest BCUT2D eigenvalue weighted by atomic mass is 79.9. The number of nitrogens with zero attached hydrogens (tertiary/aromatic N) is 2. The fraction of sp³-hybridized carbons (Fsp3) is 0.308. The number of hydrogen-bond donors (Lipinski definition) is 1. The standard InChI is InChI=1S/C13H14BrCl2N3/c1-3-6-17-13-18-8(2)7-19(13)10-5-4-9(14)11(15)12(10)16/h4-5,7H,3,6H2,1-2H3,(H,17,18). The highest BCUT2D eigenvalue weighted by Gasteiger charge is 2.14. The minimum atomic E-state index is 0.506. The van der Waals surface area contributed by atoms with Crippen LogP contribution in [0.2, 0.25) is 10.0 Å². The number of aryl methyl sites for hydroxylation is 1. The van der Waals surface area contributed by atoms with Gasteiger partial charge in [0.25, 0.3) is 0 Å². The highest BCUT2D eigenvalue weighted by Crippen LogP contribution is 2.35. The van der Waals surface area contributed by atoms with Crippen LogP contribution < -0.4 is 5.32 Å². The van der Waals surface area contributed by atoms with E-state index in [0.717, 1.165) is 34.8 Å². The van der Waals surface area contributed by atoms with E-state index in [1.165, 1.54) is 0 Å². The van der Waals surface area contributed by atoms with Crippen molar-refractivity contribution in [2.45, 2.75) is 20.3 Å². The minimum Gasteiger partial charge on any atom is -0.355 e. The molecule has 1 heterocycles. The van der Waals surface area contributed by atoms with Gasteiger partial charge in [0.05, 0.1) is 21.4 Å². The zero-order valence-electron chi connectivity index (χ0n) is 10.7. The molecular formula is C13H14BrCl2N3. The molecule has 0 aliphatic carbocycles. The van der Waals surface area contributed by atoms with Crippen molar-refractivity contribution in [3.8, 4) is 5.69 Å². The molecule has 102 valence electrons. The maximum atomic E-state index is 6.31. The van der Waals surface area contributed by atoms with Crippen molar-refractivity contribution in [2.75, 3.05) is 11.9 Å². The van der Waals surface area contributed by atoms with Gasteiger partial charge in [-0.15, -0.1) is 0 Å². The normalized spacial score (nSPS) is 10.8. The molecule has 1 aromatic heterocycles. The summed E-state index contributed by atoms with van der Waals surface area (Å²) in [5.74, 6) is 0.777. The Morgan fingerprint density at radius 2 is 2.05 bits per heavy atom. The number of hydrogen-bond acceptors (Lipinski definition) is 2. The summed E-state index contributed by atoms with van der Waals surface area (Å²) in [6.45, 7) is 4.91. The van der Waals surface area contributed by atoms with Crippen molar-refractivity contribution in [3.05, 3.63) is 38.5 Å². The second kappa shape index (κ2) is 6.16. The van der Waals surface area contributed by atoms with Gasteiger partial charge in [0.15, 0.2) is 0 Å². The summed E-state index contributed by atoms with van der Waals surface area (Å²) in [5, 5.41) is 4.30. The van der Waals surface area contributed by atoms with Gasteiger partial charge >= 0.3 is 0 Å². The van der Waals surface area contributed by atoms with Crippen molar-refractivity contribution in [1.82, 2.24) is 9.55 Å². The van der Waals surface area contributed by atoms with E-state index < -0.39 is 0 Å². The van der Waals surface area contributed by atoms with Gasteiger partial charge in [0, 0.05) is 17.2 Å². The average molecular weight is 363 g/mol. The molecule has 2 aromatic rings. The fourth-order valence-corrected chi connectivity index (χ4v) is 2.60. The lowest BCUT2D eigenvalue weighted by atomic mass is 10.3. The molecule has 3 nitrogen and oxygen atoms in total. The Morgan fingerprint density at radius 3 is 2.74 bits per heavy atom. The van der Waals surface area contributed by atoms with Crippen LogP contribution in [0.1, 0.15) is 19.0 Å². The third kappa shape index (κ3) is 3.07. The molecule has 0 aliphatic heterocycles. The van der Waals surface area contributed by atoms with Crippen molar-refractivity contribution < 1.29 is 0 Å². The molecule has 2 rings (SSSR count). The van der Waals surface area contributed by atoms with Gasteiger partial charge in [-0.05, 0) is 41.4 Å². The molecule has 6 heteroatoms. The summed E-state index contributed by atoms with van der Waals surface area (Å²) in [7, 11) is 0. The third-order valence-electron chi connectivity index (χ3n) is 2.63. The van der Waals surface area contributed by atoms with Crippen LogP contribution in [0.25, 0.3) is 5.69 Å². The molecule has 0 bridgehead atoms. The van der Waals surface area contributed by atoms with Crippen molar-refractivity contribution >= 4 is 45.1 Å². The molecule has 0 atom stereocenters. The Kier molecular flexibility index (Phi) is 4.76. The van der Waals surface area contributed by atoms with Gasteiger partial charge < -0.3 is 5.32 Å². The van der Waals surface area contributed by atoms with Gasteiger partial charge in [-0.25, -0.2) is 4.98 Å². The molecule has 19 heavy (non-hydrogen) atoms. The number of rotatable bonds is 4. The van der Waals surface area contributed by atoms with E-state index in [9.17, 15) is 0 Å². The van der Waals surface area contributed by atoms with Crippen LogP contribution in [-0.4, -0.2) is 16.1 Å². The third-order valence-corrected chi connectivity index (χ3v) is 4.39. The summed E-state index contributed by atoms with van der Waals surface area (Å²) >= 11 is 15.8. The molecule has 0 fully saturated rings. The molecular weight excluding hydrogens is 349 g/mol. The van der Waals surface area contributed by atoms with Crippen molar-refractivity contribution in [2.24, 2.45) is 0 Å². The maximum absolute atomic E-state index is 6.31. The van der Waals surface area contributed by atoms with E-state index in [1.807, 2.05) is 29.8 Å². The minimum absolute atomic E-state index is 0.506. The molecule has 1 aromatic carbocycles. The van der Waals surface area contributed by atoms with E-state index in [1.54, 1.807) is 0 Å². The second-order valence-electron chi connectivity index (χ2n) is 4.20. The van der Waals surface area contributed by atoms with Crippen LogP contribution in [0.5, 0.6) is 0 Å². The van der Waals surface area contributed by atoms with Crippen LogP contribution in [0.3, 0.4) is 0 Å². The Labute approximate surface area is 131 Å². The van der Waals surface area contributed by atoms with E-state index in [-0.39, 0.29) is 0 Å². The Balaban J connectivity index is 2.49. The van der Waals surface area contributed by atoms with Gasteiger partial charge in [-0.3, -0.25) is 4.57 Å². The van der Waals surface area contributed by atoms with Crippen molar-refractivity contribution in [3.63, 3.8) is 0 Å². The first-order valence-electron chi connectivity index (χ1n) is 5.98. The molecule has 1 N–H and O–H groups in total. The summed E-state index contributed by atoms with van der Waals surface area (Å²) < 4.78 is 2.70. The Bertz CT molecular complexity index is 596. The number of halogens is 3. The number of anilines is 1. The van der Waals surface area contributed by atoms with Crippen molar-refractivity contribution in [1.29, 1.82) is 0 Å². The average Bonchev–Trinajstić information content (AvgIpc) is 2.75. The first kappa shape index (κ1) is 14.7. The molecule has 0 amide bonds. The van der Waals surface area contributed by atoms with Crippen LogP contribution in [0.4, 0.5) is 5.95 Å². The lowest BCUT2D eigenvalue weighted by molar-refractivity contribution is 0.936. The smallest absolute Gasteiger partial charge is 0.207 e. The lowest BCUT2D eigenvalue weighted by Gasteiger charge is -2.12. The highest BCUT2D eigenvalue weighted by molar-refractivity contribution is 9.10. The molecule has 0 saturated heterocycles. The van der Waals surface area contributed by atoms with Gasteiger partial charge in [0.1, 0.15) is 0 Å². The van der Waals surface area contributed by atoms with E-state index in [4.69, 9.17) is 23.2 Å². The summed E-state index contributed by atoms with van der Waals surface area (Å²) in [4.78, 5) is 4.46. The van der Waals surface area contributed by atoms with E-state index in [2.05, 4.69) is 33.2 Å². The maximum Gasteiger partial charge on any atom is 0.207 e. The van der Waals surface area contributed by atoms with E-state index in [0.29, 0.717) is 10.0 Å². The van der Waals surface area contributed by atoms with E-state index >= 15 is 0 Å². The van der Waals surface area contributed by atoms with Crippen LogP contribution in [0.15, 0.2) is 22.8 Å². The van der Waals surface area contributed by atoms with Crippen LogP contribution in [-0.2, 0) is 0 Å². The molecule has 0 unspecified atom stereocenters. The Hall–Kier alpha value is -0.710. The number of benzene rings is 1. The number of imidazole rings is 1. The summed E-state index contributed by atoms with van der Waals surface area (Å²) in [5.41, 5.74) is 1.74. The van der Waals surface area contributed by atoms with Crippen LogP contribution in [0, 0.1) is 6.92 Å². The largest absolute Gasteiger partial charge is 0.355 e. The Morgan fingerprint density at radius 1 is 1.32 bits per heavy atom. The molecule has 0 spiro atoms. The topological polar surface area (TPSA) is 29.9 Å². The molecule has 0 saturated carbocycles. The predicted octanol–water partition coefficient (Wildman–Crippen LogP) is 5.07. The summed E-state index contributed by atoms with van der Waals surface area (Å²) in [6.07, 6.45) is 2.96. The lowest BCUT2D eigenvalue weighted by Crippen LogP contribution is -2.07. The monoisotopic (exact) mass is 361 g/mol. The van der Waals surface area contributed by atoms with Gasteiger partial charge in [0.2, 0.25) is 5.95 Å². The number of aromatic nitrogens is 2. The number of nitrogens with one attached hydrogen (secondary N) is 1. The fourth-order valence-electron chi connectivity index (χ4n) is 1.74. The van der Waals surface area contributed by atoms with Gasteiger partial charge in [-0.2, -0.15) is 0 Å². The second-order valence-corrected chi connectivity index (χ2v) is 5.81. The quantitative estimate of drug-likeness (QED) is 0.769. The SMILES string of the molecule is CCCNc1nc(C)cn1-c1ccc(Br)c(Cl)c1Cl. The zero-order valence-corrected chi connectivity index (χ0v) is 13.8. The first-order chi connectivity index (χ1) is 9.04. The first-order valence-corrected chi connectivity index (χ1v) is 7.53. The summed E-state index contributed by atoms with van der Waals surface area (Å²) in [6, 6.07) is 3.79. The predicted molar refractivity (Wildman–Crippen MR) is 84.8 cm³/mol. The van der Waals surface area contributed by atoms with Gasteiger partial charge in [-0.1, -0.05) is 30.1 Å². The van der Waals surface area contributed by atoms with Crippen LogP contribution >= 0.6 is 39.1 Å².